The Bertz CT molecular complexity index is 1720. The Morgan fingerprint density at radius 2 is 1.55 bits per heavy atom. The van der Waals surface area contributed by atoms with E-state index in [0.717, 1.165) is 36.9 Å². The number of azo groups is 2. The van der Waals surface area contributed by atoms with Crippen LogP contribution in [0, 0.1) is 23.0 Å². The number of hydrogen-bond donors (Lipinski definition) is 0. The Morgan fingerprint density at radius 3 is 2.12 bits per heavy atom. The van der Waals surface area contributed by atoms with Crippen LogP contribution in [-0.4, -0.2) is 44.1 Å². The molecule has 0 amide bonds. The molecular weight excluding hydrogens is 624 g/mol. The van der Waals surface area contributed by atoms with E-state index in [-0.39, 0.29) is 17.1 Å². The summed E-state index contributed by atoms with van der Waals surface area (Å²) in [5, 5.41) is 28.8. The molecule has 0 aliphatic carbocycles. The number of carbonyl (C=O) groups is 1. The molecule has 1 unspecified atom stereocenters. The Labute approximate surface area is 288 Å². The van der Waals surface area contributed by atoms with Crippen LogP contribution in [0.4, 0.5) is 34.1 Å². The predicted molar refractivity (Wildman–Crippen MR) is 191 cm³/mol. The van der Waals surface area contributed by atoms with Crippen molar-refractivity contribution in [3.05, 3.63) is 63.7 Å². The number of ether oxygens (including phenoxy) is 3. The van der Waals surface area contributed by atoms with Crippen molar-refractivity contribution in [1.82, 2.24) is 0 Å². The summed E-state index contributed by atoms with van der Waals surface area (Å²) in [4.78, 5) is 24.9. The number of unbranched alkanes of at least 4 members (excludes halogenated alkanes) is 2. The Kier molecular flexibility index (Phi) is 12.1. The molecule has 0 saturated heterocycles. The second-order valence-electron chi connectivity index (χ2n) is 13.4. The minimum absolute atomic E-state index is 0.0259. The van der Waals surface area contributed by atoms with Gasteiger partial charge in [0.1, 0.15) is 34.3 Å². The number of anilines is 1. The van der Waals surface area contributed by atoms with Gasteiger partial charge < -0.3 is 19.1 Å². The SMILES string of the molecule is COc1cc(/N=N/c2cc3c(c(C)c2OCCCCCC(=O)C(C)C)N(C)C(C)(C)CC3C)c(OC)cc1/N=N/c1ccc([N+](=O)[O-])cc1. The Hall–Kier alpha value is -4.87. The standard InChI is InChI=1S/C37H48N6O6/c1-23(2)32(44)13-11-10-12-18-49-36-25(4)35-28(24(3)22-37(5,6)42(35)7)19-31(36)41-40-30-21-33(47-8)29(20-34(30)48-9)39-38-26-14-16-27(17-15-26)43(45)46/h14-17,19-21,23-24H,10-13,18,22H2,1-9H3/b39-38+,41-40+. The van der Waals surface area contributed by atoms with E-state index in [2.05, 4.69) is 61.1 Å². The lowest BCUT2D eigenvalue weighted by Gasteiger charge is -2.46. The molecule has 0 fully saturated rings. The van der Waals surface area contributed by atoms with Crippen molar-refractivity contribution in [2.75, 3.05) is 32.8 Å². The van der Waals surface area contributed by atoms with Crippen molar-refractivity contribution in [2.24, 2.45) is 26.4 Å². The van der Waals surface area contributed by atoms with Gasteiger partial charge in [-0.25, -0.2) is 0 Å². The molecule has 3 aromatic carbocycles. The van der Waals surface area contributed by atoms with Crippen LogP contribution in [0.3, 0.4) is 0 Å². The highest BCUT2D eigenvalue weighted by Gasteiger charge is 2.36. The number of rotatable bonds is 15. The van der Waals surface area contributed by atoms with E-state index in [1.165, 1.54) is 44.0 Å². The van der Waals surface area contributed by atoms with Crippen molar-refractivity contribution >= 4 is 39.9 Å². The normalized spacial score (nSPS) is 15.6. The summed E-state index contributed by atoms with van der Waals surface area (Å²) in [5.41, 5.74) is 5.18. The topological polar surface area (TPSA) is 141 Å². The predicted octanol–water partition coefficient (Wildman–Crippen LogP) is 10.6. The van der Waals surface area contributed by atoms with Crippen LogP contribution < -0.4 is 19.1 Å². The van der Waals surface area contributed by atoms with E-state index in [4.69, 9.17) is 19.3 Å². The number of Topliss-reactive ketones (excluding diaryl/α,β-unsaturated/α-hetero) is 1. The molecule has 1 aliphatic rings. The minimum atomic E-state index is -0.470. The summed E-state index contributed by atoms with van der Waals surface area (Å²) in [6, 6.07) is 11.2. The molecule has 4 rings (SSSR count). The lowest BCUT2D eigenvalue weighted by atomic mass is 9.79. The largest absolute Gasteiger partial charge is 0.494 e. The Balaban J connectivity index is 1.65. The summed E-state index contributed by atoms with van der Waals surface area (Å²) in [7, 11) is 5.18. The van der Waals surface area contributed by atoms with Gasteiger partial charge in [-0.3, -0.25) is 14.9 Å². The van der Waals surface area contributed by atoms with Crippen molar-refractivity contribution in [3.8, 4) is 17.2 Å². The molecule has 12 nitrogen and oxygen atoms in total. The van der Waals surface area contributed by atoms with Crippen LogP contribution in [-0.2, 0) is 4.79 Å². The third-order valence-corrected chi connectivity index (χ3v) is 9.11. The smallest absolute Gasteiger partial charge is 0.269 e. The van der Waals surface area contributed by atoms with E-state index in [1.807, 2.05) is 13.8 Å². The third-order valence-electron chi connectivity index (χ3n) is 9.11. The summed E-state index contributed by atoms with van der Waals surface area (Å²) in [6.07, 6.45) is 4.14. The van der Waals surface area contributed by atoms with Crippen LogP contribution in [0.15, 0.2) is 62.9 Å². The van der Waals surface area contributed by atoms with Gasteiger partial charge in [-0.05, 0) is 76.1 Å². The maximum absolute atomic E-state index is 12.0. The van der Waals surface area contributed by atoms with Gasteiger partial charge in [0.2, 0.25) is 0 Å². The molecule has 0 radical (unpaired) electrons. The van der Waals surface area contributed by atoms with Gasteiger partial charge in [0.15, 0.2) is 5.75 Å². The Morgan fingerprint density at radius 1 is 0.959 bits per heavy atom. The number of methoxy groups -OCH3 is 2. The first-order chi connectivity index (χ1) is 23.3. The molecule has 1 aliphatic heterocycles. The molecule has 0 bridgehead atoms. The third kappa shape index (κ3) is 8.79. The second-order valence-corrected chi connectivity index (χ2v) is 13.4. The van der Waals surface area contributed by atoms with Crippen molar-refractivity contribution in [3.63, 3.8) is 0 Å². The van der Waals surface area contributed by atoms with Crippen LogP contribution in [0.1, 0.15) is 83.8 Å². The molecule has 3 aromatic rings. The number of non-ortho nitro benzene ring substituents is 1. The minimum Gasteiger partial charge on any atom is -0.494 e. The zero-order valence-corrected chi connectivity index (χ0v) is 30.1. The van der Waals surface area contributed by atoms with Crippen LogP contribution in [0.5, 0.6) is 17.2 Å². The molecule has 12 heteroatoms. The van der Waals surface area contributed by atoms with E-state index in [1.54, 1.807) is 12.1 Å². The number of ketones is 1. The summed E-state index contributed by atoms with van der Waals surface area (Å²) < 4.78 is 17.7. The number of carbonyl (C=O) groups excluding carboxylic acids is 1. The number of hydrogen-bond acceptors (Lipinski definition) is 11. The highest BCUT2D eigenvalue weighted by atomic mass is 16.6. The number of nitro benzene ring substituents is 1. The molecular formula is C37H48N6O6. The van der Waals surface area contributed by atoms with E-state index < -0.39 is 4.92 Å². The fourth-order valence-electron chi connectivity index (χ4n) is 6.10. The summed E-state index contributed by atoms with van der Waals surface area (Å²) in [5.74, 6) is 2.14. The van der Waals surface area contributed by atoms with Crippen molar-refractivity contribution < 1.29 is 23.9 Å². The van der Waals surface area contributed by atoms with Gasteiger partial charge in [-0.15, -0.1) is 15.3 Å². The van der Waals surface area contributed by atoms with Crippen LogP contribution >= 0.6 is 0 Å². The number of benzene rings is 3. The molecule has 1 heterocycles. The average Bonchev–Trinajstić information content (AvgIpc) is 3.07. The molecule has 1 atom stereocenters. The first kappa shape index (κ1) is 37.0. The van der Waals surface area contributed by atoms with Gasteiger partial charge in [0.05, 0.1) is 31.4 Å². The van der Waals surface area contributed by atoms with Gasteiger partial charge in [0, 0.05) is 60.4 Å². The van der Waals surface area contributed by atoms with Gasteiger partial charge in [0.25, 0.3) is 5.69 Å². The second kappa shape index (κ2) is 16.0. The van der Waals surface area contributed by atoms with Gasteiger partial charge >= 0.3 is 0 Å². The molecule has 0 spiro atoms. The fraction of sp³-hybridized carbons (Fsp3) is 0.486. The zero-order chi connectivity index (χ0) is 35.9. The molecule has 0 saturated carbocycles. The molecule has 0 aromatic heterocycles. The molecule has 0 N–H and O–H groups in total. The van der Waals surface area contributed by atoms with Crippen LogP contribution in [0.2, 0.25) is 0 Å². The molecule has 49 heavy (non-hydrogen) atoms. The average molecular weight is 673 g/mol. The van der Waals surface area contributed by atoms with Crippen molar-refractivity contribution in [1.29, 1.82) is 0 Å². The first-order valence-corrected chi connectivity index (χ1v) is 16.7. The molecule has 262 valence electrons. The van der Waals surface area contributed by atoms with E-state index >= 15 is 0 Å². The quantitative estimate of drug-likeness (QED) is 0.0677. The lowest BCUT2D eigenvalue weighted by molar-refractivity contribution is -0.384. The highest BCUT2D eigenvalue weighted by molar-refractivity contribution is 5.80. The fourth-order valence-corrected chi connectivity index (χ4v) is 6.10. The monoisotopic (exact) mass is 672 g/mol. The van der Waals surface area contributed by atoms with Crippen molar-refractivity contribution in [2.45, 2.75) is 85.1 Å². The van der Waals surface area contributed by atoms with Gasteiger partial charge in [-0.2, -0.15) is 5.11 Å². The maximum Gasteiger partial charge on any atom is 0.269 e. The van der Waals surface area contributed by atoms with E-state index in [0.29, 0.717) is 64.7 Å². The summed E-state index contributed by atoms with van der Waals surface area (Å²) in [6.45, 7) is 13.2. The lowest BCUT2D eigenvalue weighted by Crippen LogP contribution is -2.46. The van der Waals surface area contributed by atoms with E-state index in [9.17, 15) is 14.9 Å². The number of fused-ring (bicyclic) bond motifs is 1. The summed E-state index contributed by atoms with van der Waals surface area (Å²) >= 11 is 0. The maximum atomic E-state index is 12.0. The number of nitrogens with zero attached hydrogens (tertiary/aromatic N) is 6. The zero-order valence-electron chi connectivity index (χ0n) is 30.1. The van der Waals surface area contributed by atoms with Gasteiger partial charge in [-0.1, -0.05) is 20.8 Å². The number of nitro groups is 1. The first-order valence-electron chi connectivity index (χ1n) is 16.7. The highest BCUT2D eigenvalue weighted by Crippen LogP contribution is 2.50. The van der Waals surface area contributed by atoms with Crippen LogP contribution in [0.25, 0.3) is 0 Å².